The molecule has 0 unspecified atom stereocenters. The maximum Gasteiger partial charge on any atom is 0.236 e. The molecule has 2 fully saturated rings. The van der Waals surface area contributed by atoms with Gasteiger partial charge in [-0.25, -0.2) is 0 Å². The fourth-order valence-corrected chi connectivity index (χ4v) is 3.99. The summed E-state index contributed by atoms with van der Waals surface area (Å²) in [5.74, 6) is 1.55. The van der Waals surface area contributed by atoms with Crippen LogP contribution in [-0.2, 0) is 9.53 Å². The summed E-state index contributed by atoms with van der Waals surface area (Å²) in [4.78, 5) is 17.0. The Balaban J connectivity index is 1.96. The van der Waals surface area contributed by atoms with Crippen molar-refractivity contribution in [3.63, 3.8) is 0 Å². The summed E-state index contributed by atoms with van der Waals surface area (Å²) >= 11 is 0. The van der Waals surface area contributed by atoms with Crippen LogP contribution in [0.3, 0.4) is 0 Å². The minimum absolute atomic E-state index is 0.0561. The summed E-state index contributed by atoms with van der Waals surface area (Å²) in [5.41, 5.74) is -0.0561. The second-order valence-electron chi connectivity index (χ2n) is 8.30. The van der Waals surface area contributed by atoms with Crippen molar-refractivity contribution in [1.29, 1.82) is 0 Å². The van der Waals surface area contributed by atoms with Crippen LogP contribution in [-0.4, -0.2) is 73.4 Å². The van der Waals surface area contributed by atoms with E-state index in [1.165, 1.54) is 0 Å². The van der Waals surface area contributed by atoms with E-state index in [9.17, 15) is 9.90 Å². The molecule has 2 heterocycles. The molecule has 0 aromatic carbocycles. The molecule has 0 aliphatic carbocycles. The summed E-state index contributed by atoms with van der Waals surface area (Å²) in [6.07, 6.45) is 0.903. The molecule has 0 aromatic rings. The van der Waals surface area contributed by atoms with E-state index in [4.69, 9.17) is 4.74 Å². The standard InChI is InChI=1S/C18H34N2O3/c1-14(2)7-20(8-15(3)4)17(22)10-19-9-16-11-23-6-5-18(16,12-19)13-21/h14-16,21H,5-13H2,1-4H3/t16-,18-/m1/s1. The lowest BCUT2D eigenvalue weighted by molar-refractivity contribution is -0.133. The van der Waals surface area contributed by atoms with E-state index in [2.05, 4.69) is 32.6 Å². The number of fused-ring (bicyclic) bond motifs is 1. The molecule has 1 amide bonds. The number of aliphatic hydroxyl groups is 1. The van der Waals surface area contributed by atoms with Gasteiger partial charge in [0.25, 0.3) is 0 Å². The highest BCUT2D eigenvalue weighted by Crippen LogP contribution is 2.41. The first-order valence-corrected chi connectivity index (χ1v) is 9.05. The predicted octanol–water partition coefficient (Wildman–Crippen LogP) is 1.46. The number of aliphatic hydroxyl groups excluding tert-OH is 1. The van der Waals surface area contributed by atoms with Gasteiger partial charge in [0, 0.05) is 44.1 Å². The van der Waals surface area contributed by atoms with Crippen LogP contribution in [0, 0.1) is 23.2 Å². The van der Waals surface area contributed by atoms with E-state index in [1.807, 2.05) is 4.90 Å². The van der Waals surface area contributed by atoms with Crippen molar-refractivity contribution in [2.45, 2.75) is 34.1 Å². The zero-order valence-electron chi connectivity index (χ0n) is 15.3. The van der Waals surface area contributed by atoms with Crippen molar-refractivity contribution < 1.29 is 14.6 Å². The molecule has 2 aliphatic heterocycles. The zero-order chi connectivity index (χ0) is 17.0. The van der Waals surface area contributed by atoms with Crippen molar-refractivity contribution in [3.8, 4) is 0 Å². The summed E-state index contributed by atoms with van der Waals surface area (Å²) in [5, 5.41) is 9.87. The third kappa shape index (κ3) is 4.68. The van der Waals surface area contributed by atoms with Crippen molar-refractivity contribution in [3.05, 3.63) is 0 Å². The van der Waals surface area contributed by atoms with Gasteiger partial charge in [-0.05, 0) is 18.3 Å². The molecule has 0 saturated carbocycles. The van der Waals surface area contributed by atoms with Gasteiger partial charge < -0.3 is 14.7 Å². The summed E-state index contributed by atoms with van der Waals surface area (Å²) in [7, 11) is 0. The fraction of sp³-hybridized carbons (Fsp3) is 0.944. The fourth-order valence-electron chi connectivity index (χ4n) is 3.99. The number of nitrogens with zero attached hydrogens (tertiary/aromatic N) is 2. The molecule has 2 atom stereocenters. The average Bonchev–Trinajstić information content (AvgIpc) is 2.84. The third-order valence-corrected chi connectivity index (χ3v) is 5.14. The lowest BCUT2D eigenvalue weighted by Gasteiger charge is -2.36. The smallest absolute Gasteiger partial charge is 0.236 e. The highest BCUT2D eigenvalue weighted by atomic mass is 16.5. The molecular formula is C18H34N2O3. The average molecular weight is 326 g/mol. The predicted molar refractivity (Wildman–Crippen MR) is 91.1 cm³/mol. The van der Waals surface area contributed by atoms with Gasteiger partial charge in [0.1, 0.15) is 0 Å². The Morgan fingerprint density at radius 2 is 1.96 bits per heavy atom. The van der Waals surface area contributed by atoms with Crippen molar-refractivity contribution in [2.24, 2.45) is 23.2 Å². The van der Waals surface area contributed by atoms with Gasteiger partial charge in [0.15, 0.2) is 0 Å². The highest BCUT2D eigenvalue weighted by molar-refractivity contribution is 5.78. The number of likely N-dealkylation sites (tertiary alicyclic amines) is 1. The Bertz CT molecular complexity index is 390. The first-order chi connectivity index (χ1) is 10.9. The Kier molecular flexibility index (Phi) is 6.46. The van der Waals surface area contributed by atoms with E-state index in [0.29, 0.717) is 30.9 Å². The third-order valence-electron chi connectivity index (χ3n) is 5.14. The van der Waals surface area contributed by atoms with Gasteiger partial charge in [0.2, 0.25) is 5.91 Å². The second-order valence-corrected chi connectivity index (χ2v) is 8.30. The SMILES string of the molecule is CC(C)CN(CC(C)C)C(=O)CN1C[C@@H]2COCC[C@]2(CO)C1. The van der Waals surface area contributed by atoms with Gasteiger partial charge in [0.05, 0.1) is 19.8 Å². The van der Waals surface area contributed by atoms with Gasteiger partial charge >= 0.3 is 0 Å². The number of hydrogen-bond donors (Lipinski definition) is 1. The molecule has 2 rings (SSSR count). The lowest BCUT2D eigenvalue weighted by atomic mass is 9.75. The number of carbonyl (C=O) groups is 1. The molecular weight excluding hydrogens is 292 g/mol. The van der Waals surface area contributed by atoms with Crippen LogP contribution in [0.25, 0.3) is 0 Å². The first kappa shape index (κ1) is 18.7. The van der Waals surface area contributed by atoms with Crippen LogP contribution in [0.5, 0.6) is 0 Å². The van der Waals surface area contributed by atoms with E-state index in [0.717, 1.165) is 39.2 Å². The van der Waals surface area contributed by atoms with Gasteiger partial charge in [-0.2, -0.15) is 0 Å². The first-order valence-electron chi connectivity index (χ1n) is 9.05. The minimum Gasteiger partial charge on any atom is -0.396 e. The van der Waals surface area contributed by atoms with Crippen LogP contribution < -0.4 is 0 Å². The van der Waals surface area contributed by atoms with Gasteiger partial charge in [-0.15, -0.1) is 0 Å². The Labute approximate surface area is 141 Å². The molecule has 5 nitrogen and oxygen atoms in total. The molecule has 0 radical (unpaired) electrons. The quantitative estimate of drug-likeness (QED) is 0.769. The molecule has 2 saturated heterocycles. The number of amides is 1. The topological polar surface area (TPSA) is 53.0 Å². The van der Waals surface area contributed by atoms with E-state index in [-0.39, 0.29) is 17.9 Å². The summed E-state index contributed by atoms with van der Waals surface area (Å²) in [6.45, 7) is 14.1. The largest absolute Gasteiger partial charge is 0.396 e. The van der Waals surface area contributed by atoms with Gasteiger partial charge in [-0.3, -0.25) is 9.69 Å². The Morgan fingerprint density at radius 3 is 2.48 bits per heavy atom. The van der Waals surface area contributed by atoms with Crippen LogP contribution in [0.4, 0.5) is 0 Å². The lowest BCUT2D eigenvalue weighted by Crippen LogP contribution is -2.44. The molecule has 5 heteroatoms. The zero-order valence-corrected chi connectivity index (χ0v) is 15.3. The molecule has 0 aromatic heterocycles. The number of ether oxygens (including phenoxy) is 1. The Morgan fingerprint density at radius 1 is 1.30 bits per heavy atom. The Hall–Kier alpha value is -0.650. The number of carbonyl (C=O) groups excluding carboxylic acids is 1. The molecule has 0 spiro atoms. The van der Waals surface area contributed by atoms with Crippen molar-refractivity contribution in [2.75, 3.05) is 52.5 Å². The van der Waals surface area contributed by atoms with E-state index < -0.39 is 0 Å². The summed E-state index contributed by atoms with van der Waals surface area (Å²) in [6, 6.07) is 0. The normalized spacial score (nSPS) is 28.4. The van der Waals surface area contributed by atoms with Crippen LogP contribution in [0.15, 0.2) is 0 Å². The van der Waals surface area contributed by atoms with Gasteiger partial charge in [-0.1, -0.05) is 27.7 Å². The molecule has 0 bridgehead atoms. The van der Waals surface area contributed by atoms with Crippen LogP contribution in [0.1, 0.15) is 34.1 Å². The number of rotatable bonds is 7. The van der Waals surface area contributed by atoms with Crippen LogP contribution >= 0.6 is 0 Å². The minimum atomic E-state index is -0.0561. The molecule has 134 valence electrons. The van der Waals surface area contributed by atoms with E-state index in [1.54, 1.807) is 0 Å². The second kappa shape index (κ2) is 7.95. The number of hydrogen-bond acceptors (Lipinski definition) is 4. The van der Waals surface area contributed by atoms with Crippen LogP contribution in [0.2, 0.25) is 0 Å². The monoisotopic (exact) mass is 326 g/mol. The molecule has 1 N–H and O–H groups in total. The summed E-state index contributed by atoms with van der Waals surface area (Å²) < 4.78 is 5.58. The molecule has 2 aliphatic rings. The van der Waals surface area contributed by atoms with E-state index >= 15 is 0 Å². The maximum absolute atomic E-state index is 12.8. The van der Waals surface area contributed by atoms with Crippen molar-refractivity contribution in [1.82, 2.24) is 9.80 Å². The molecule has 23 heavy (non-hydrogen) atoms. The maximum atomic E-state index is 12.8. The van der Waals surface area contributed by atoms with Crippen molar-refractivity contribution >= 4 is 5.91 Å². The highest BCUT2D eigenvalue weighted by Gasteiger charge is 2.48.